The largest absolute Gasteiger partial charge is 0.380 e. The van der Waals surface area contributed by atoms with Crippen molar-refractivity contribution in [2.75, 3.05) is 5.32 Å². The normalized spacial score (nSPS) is 10.4. The van der Waals surface area contributed by atoms with E-state index in [1.54, 1.807) is 0 Å². The topological polar surface area (TPSA) is 12.0 Å². The first-order valence-corrected chi connectivity index (χ1v) is 7.10. The summed E-state index contributed by atoms with van der Waals surface area (Å²) in [5.74, 6) is 0. The number of anilines is 1. The van der Waals surface area contributed by atoms with Gasteiger partial charge in [-0.1, -0.05) is 0 Å². The molecule has 0 fully saturated rings. The van der Waals surface area contributed by atoms with E-state index in [9.17, 15) is 0 Å². The lowest BCUT2D eigenvalue weighted by atomic mass is 10.2. The minimum Gasteiger partial charge on any atom is -0.380 e. The quantitative estimate of drug-likeness (QED) is 0.805. The zero-order valence-corrected chi connectivity index (χ0v) is 12.4. The number of nitrogens with one attached hydrogen (secondary N) is 1. The van der Waals surface area contributed by atoms with E-state index in [0.717, 1.165) is 6.54 Å². The summed E-state index contributed by atoms with van der Waals surface area (Å²) in [7, 11) is 0. The molecule has 0 atom stereocenters. The minimum absolute atomic E-state index is 0.917. The van der Waals surface area contributed by atoms with Crippen molar-refractivity contribution in [3.63, 3.8) is 0 Å². The van der Waals surface area contributed by atoms with Crippen molar-refractivity contribution in [2.24, 2.45) is 0 Å². The second-order valence-corrected chi connectivity index (χ2v) is 6.44. The molecule has 2 aromatic rings. The van der Waals surface area contributed by atoms with Crippen molar-refractivity contribution in [1.82, 2.24) is 0 Å². The van der Waals surface area contributed by atoms with E-state index in [0.29, 0.717) is 0 Å². The molecule has 0 aliphatic heterocycles. The molecule has 0 aliphatic carbocycles. The van der Waals surface area contributed by atoms with Crippen LogP contribution in [-0.2, 0) is 6.54 Å². The Labute approximate surface area is 114 Å². The van der Waals surface area contributed by atoms with Gasteiger partial charge in [-0.3, -0.25) is 0 Å². The zero-order valence-electron chi connectivity index (χ0n) is 9.38. The van der Waals surface area contributed by atoms with Crippen LogP contribution < -0.4 is 5.32 Å². The Morgan fingerprint density at radius 1 is 1.19 bits per heavy atom. The minimum atomic E-state index is 0.917. The van der Waals surface area contributed by atoms with Gasteiger partial charge in [-0.15, -0.1) is 11.3 Å². The molecule has 0 saturated carbocycles. The van der Waals surface area contributed by atoms with Gasteiger partial charge in [0.2, 0.25) is 0 Å². The van der Waals surface area contributed by atoms with Crippen LogP contribution in [0.3, 0.4) is 0 Å². The van der Waals surface area contributed by atoms with Gasteiger partial charge in [0.1, 0.15) is 0 Å². The van der Waals surface area contributed by atoms with Gasteiger partial charge in [0, 0.05) is 25.6 Å². The third-order valence-electron chi connectivity index (χ3n) is 2.44. The smallest absolute Gasteiger partial charge is 0.0494 e. The Hall–Kier alpha value is -0.550. The molecular weight excluding hydrogens is 329 g/mol. The summed E-state index contributed by atoms with van der Waals surface area (Å²) in [5, 5.41) is 3.48. The van der Waals surface area contributed by atoms with Crippen LogP contribution in [0.25, 0.3) is 0 Å². The first-order valence-electron chi connectivity index (χ1n) is 5.20. The van der Waals surface area contributed by atoms with Crippen LogP contribution in [0.5, 0.6) is 0 Å². The number of halogens is 1. The molecule has 0 bridgehead atoms. The SMILES string of the molecule is Cc1ccc(CNc2ccc(I)cc2C)s1. The highest BCUT2D eigenvalue weighted by molar-refractivity contribution is 14.1. The van der Waals surface area contributed by atoms with Gasteiger partial charge in [0.25, 0.3) is 0 Å². The second kappa shape index (κ2) is 5.19. The second-order valence-electron chi connectivity index (χ2n) is 3.83. The van der Waals surface area contributed by atoms with Gasteiger partial charge < -0.3 is 5.32 Å². The third-order valence-corrected chi connectivity index (χ3v) is 4.11. The highest BCUT2D eigenvalue weighted by Gasteiger charge is 2.00. The molecule has 0 spiro atoms. The van der Waals surface area contributed by atoms with Gasteiger partial charge >= 0.3 is 0 Å². The molecule has 84 valence electrons. The number of benzene rings is 1. The Balaban J connectivity index is 2.04. The van der Waals surface area contributed by atoms with E-state index in [1.165, 1.54) is 24.6 Å². The molecule has 3 heteroatoms. The lowest BCUT2D eigenvalue weighted by molar-refractivity contribution is 1.18. The molecule has 1 N–H and O–H groups in total. The van der Waals surface area contributed by atoms with Crippen LogP contribution in [0.15, 0.2) is 30.3 Å². The van der Waals surface area contributed by atoms with Crippen LogP contribution in [0.4, 0.5) is 5.69 Å². The number of thiophene rings is 1. The van der Waals surface area contributed by atoms with Crippen molar-refractivity contribution in [3.05, 3.63) is 49.2 Å². The predicted molar refractivity (Wildman–Crippen MR) is 80.3 cm³/mol. The summed E-state index contributed by atoms with van der Waals surface area (Å²) in [5.41, 5.74) is 2.53. The molecule has 1 heterocycles. The molecular formula is C13H14INS. The number of aryl methyl sites for hydroxylation is 2. The van der Waals surface area contributed by atoms with Crippen LogP contribution in [0.1, 0.15) is 15.3 Å². The summed E-state index contributed by atoms with van der Waals surface area (Å²) >= 11 is 4.19. The van der Waals surface area contributed by atoms with Gasteiger partial charge in [-0.05, 0) is 72.3 Å². The monoisotopic (exact) mass is 343 g/mol. The molecule has 0 unspecified atom stereocenters. The average Bonchev–Trinajstić information content (AvgIpc) is 2.63. The van der Waals surface area contributed by atoms with E-state index < -0.39 is 0 Å². The summed E-state index contributed by atoms with van der Waals surface area (Å²) in [4.78, 5) is 2.76. The van der Waals surface area contributed by atoms with Gasteiger partial charge in [-0.2, -0.15) is 0 Å². The summed E-state index contributed by atoms with van der Waals surface area (Å²) in [6, 6.07) is 10.8. The molecule has 0 aliphatic rings. The highest BCUT2D eigenvalue weighted by Crippen LogP contribution is 2.20. The molecule has 0 saturated heterocycles. The lowest BCUT2D eigenvalue weighted by Crippen LogP contribution is -1.99. The summed E-state index contributed by atoms with van der Waals surface area (Å²) < 4.78 is 1.28. The Morgan fingerprint density at radius 3 is 2.62 bits per heavy atom. The molecule has 0 radical (unpaired) electrons. The number of rotatable bonds is 3. The average molecular weight is 343 g/mol. The fourth-order valence-electron chi connectivity index (χ4n) is 1.59. The molecule has 2 rings (SSSR count). The fraction of sp³-hybridized carbons (Fsp3) is 0.231. The van der Waals surface area contributed by atoms with E-state index in [4.69, 9.17) is 0 Å². The standard InChI is InChI=1S/C13H14INS/c1-9-7-11(14)4-6-13(9)15-8-12-5-3-10(2)16-12/h3-7,15H,8H2,1-2H3. The van der Waals surface area contributed by atoms with Gasteiger partial charge in [0.15, 0.2) is 0 Å². The maximum absolute atomic E-state index is 3.48. The van der Waals surface area contributed by atoms with E-state index in [2.05, 4.69) is 72.1 Å². The van der Waals surface area contributed by atoms with E-state index >= 15 is 0 Å². The third kappa shape index (κ3) is 2.98. The van der Waals surface area contributed by atoms with Crippen molar-refractivity contribution >= 4 is 39.6 Å². The Bertz CT molecular complexity index is 490. The molecule has 1 aromatic carbocycles. The van der Waals surface area contributed by atoms with Crippen molar-refractivity contribution < 1.29 is 0 Å². The Kier molecular flexibility index (Phi) is 3.86. The van der Waals surface area contributed by atoms with Crippen LogP contribution in [-0.4, -0.2) is 0 Å². The maximum Gasteiger partial charge on any atom is 0.0494 e. The highest BCUT2D eigenvalue weighted by atomic mass is 127. The van der Waals surface area contributed by atoms with E-state index in [-0.39, 0.29) is 0 Å². The zero-order chi connectivity index (χ0) is 11.5. The maximum atomic E-state index is 3.48. The Morgan fingerprint density at radius 2 is 2.00 bits per heavy atom. The van der Waals surface area contributed by atoms with Gasteiger partial charge in [0.05, 0.1) is 0 Å². The fourth-order valence-corrected chi connectivity index (χ4v) is 3.06. The lowest BCUT2D eigenvalue weighted by Gasteiger charge is -2.08. The van der Waals surface area contributed by atoms with E-state index in [1.807, 2.05) is 11.3 Å². The molecule has 0 amide bonds. The van der Waals surface area contributed by atoms with Crippen molar-refractivity contribution in [2.45, 2.75) is 20.4 Å². The number of hydrogen-bond acceptors (Lipinski definition) is 2. The predicted octanol–water partition coefficient (Wildman–Crippen LogP) is 4.58. The van der Waals surface area contributed by atoms with Crippen LogP contribution in [0.2, 0.25) is 0 Å². The van der Waals surface area contributed by atoms with Crippen molar-refractivity contribution in [1.29, 1.82) is 0 Å². The van der Waals surface area contributed by atoms with Crippen LogP contribution in [0, 0.1) is 17.4 Å². The first kappa shape index (κ1) is 11.9. The number of hydrogen-bond donors (Lipinski definition) is 1. The van der Waals surface area contributed by atoms with Crippen molar-refractivity contribution in [3.8, 4) is 0 Å². The molecule has 1 aromatic heterocycles. The summed E-state index contributed by atoms with van der Waals surface area (Å²) in [6.45, 7) is 5.20. The van der Waals surface area contributed by atoms with Crippen LogP contribution >= 0.6 is 33.9 Å². The first-order chi connectivity index (χ1) is 7.65. The molecule has 16 heavy (non-hydrogen) atoms. The van der Waals surface area contributed by atoms with Gasteiger partial charge in [-0.25, -0.2) is 0 Å². The summed E-state index contributed by atoms with van der Waals surface area (Å²) in [6.07, 6.45) is 0. The molecule has 1 nitrogen and oxygen atoms in total.